The van der Waals surface area contributed by atoms with Crippen LogP contribution in [0.2, 0.25) is 0 Å². The Labute approximate surface area is 103 Å². The van der Waals surface area contributed by atoms with Crippen LogP contribution in [0.15, 0.2) is 41.1 Å². The van der Waals surface area contributed by atoms with Gasteiger partial charge in [0, 0.05) is 16.4 Å². The van der Waals surface area contributed by atoms with Gasteiger partial charge in [-0.3, -0.25) is 4.98 Å². The van der Waals surface area contributed by atoms with E-state index in [9.17, 15) is 0 Å². The second-order valence-electron chi connectivity index (χ2n) is 3.65. The van der Waals surface area contributed by atoms with E-state index in [-0.39, 0.29) is 0 Å². The van der Waals surface area contributed by atoms with Gasteiger partial charge in [0.05, 0.1) is 17.6 Å². The summed E-state index contributed by atoms with van der Waals surface area (Å²) in [6, 6.07) is 7.98. The van der Waals surface area contributed by atoms with Gasteiger partial charge in [0.25, 0.3) is 0 Å². The number of rotatable bonds is 2. The number of nitrogens with two attached hydrogens (primary N) is 1. The smallest absolute Gasteiger partial charge is 0.0591 e. The molecule has 16 heavy (non-hydrogen) atoms. The topological polar surface area (TPSA) is 50.9 Å². The third kappa shape index (κ3) is 2.73. The molecule has 0 aliphatic rings. The van der Waals surface area contributed by atoms with Gasteiger partial charge in [-0.25, -0.2) is 0 Å². The zero-order valence-corrected chi connectivity index (χ0v) is 10.5. The molecule has 3 N–H and O–H groups in total. The standard InChI is InChI=1S/C12H12BrN3/c1-8-2-9(13)4-11(3-8)16-12-5-10(14)6-15-7-12/h2-7,16H,14H2,1H3. The van der Waals surface area contributed by atoms with Crippen molar-refractivity contribution < 1.29 is 0 Å². The monoisotopic (exact) mass is 277 g/mol. The van der Waals surface area contributed by atoms with E-state index < -0.39 is 0 Å². The van der Waals surface area contributed by atoms with E-state index in [1.807, 2.05) is 19.1 Å². The van der Waals surface area contributed by atoms with Crippen molar-refractivity contribution in [3.8, 4) is 0 Å². The zero-order valence-electron chi connectivity index (χ0n) is 8.87. The molecule has 2 aromatic rings. The Morgan fingerprint density at radius 3 is 2.62 bits per heavy atom. The summed E-state index contributed by atoms with van der Waals surface area (Å²) in [6.45, 7) is 2.05. The normalized spacial score (nSPS) is 10.1. The minimum absolute atomic E-state index is 0.650. The molecule has 82 valence electrons. The number of anilines is 3. The Hall–Kier alpha value is -1.55. The highest BCUT2D eigenvalue weighted by Crippen LogP contribution is 2.22. The molecule has 0 aliphatic heterocycles. The summed E-state index contributed by atoms with van der Waals surface area (Å²) in [5.74, 6) is 0. The van der Waals surface area contributed by atoms with Crippen LogP contribution in [0.3, 0.4) is 0 Å². The van der Waals surface area contributed by atoms with Gasteiger partial charge in [-0.1, -0.05) is 15.9 Å². The van der Waals surface area contributed by atoms with E-state index in [2.05, 4.69) is 38.4 Å². The number of nitrogens with one attached hydrogen (secondary N) is 1. The lowest BCUT2D eigenvalue weighted by molar-refractivity contribution is 1.32. The van der Waals surface area contributed by atoms with Crippen molar-refractivity contribution >= 4 is 33.0 Å². The third-order valence-electron chi connectivity index (χ3n) is 2.09. The molecule has 3 nitrogen and oxygen atoms in total. The SMILES string of the molecule is Cc1cc(Br)cc(Nc2cncc(N)c2)c1. The maximum atomic E-state index is 5.66. The Morgan fingerprint density at radius 2 is 1.94 bits per heavy atom. The average Bonchev–Trinajstić information content (AvgIpc) is 2.15. The molecule has 2 rings (SSSR count). The van der Waals surface area contributed by atoms with Crippen molar-refractivity contribution in [2.24, 2.45) is 0 Å². The van der Waals surface area contributed by atoms with Crippen molar-refractivity contribution in [1.29, 1.82) is 0 Å². The van der Waals surface area contributed by atoms with Crippen molar-refractivity contribution in [2.45, 2.75) is 6.92 Å². The van der Waals surface area contributed by atoms with Gasteiger partial charge in [0.2, 0.25) is 0 Å². The predicted octanol–water partition coefficient (Wildman–Crippen LogP) is 3.48. The molecule has 0 unspecified atom stereocenters. The first-order chi connectivity index (χ1) is 7.63. The molecule has 1 heterocycles. The molecule has 0 amide bonds. The van der Waals surface area contributed by atoms with E-state index in [4.69, 9.17) is 5.73 Å². The molecular weight excluding hydrogens is 266 g/mol. The van der Waals surface area contributed by atoms with Crippen LogP contribution in [0, 0.1) is 6.92 Å². The summed E-state index contributed by atoms with van der Waals surface area (Å²) in [6.07, 6.45) is 3.37. The summed E-state index contributed by atoms with van der Waals surface area (Å²) in [7, 11) is 0. The summed E-state index contributed by atoms with van der Waals surface area (Å²) in [5.41, 5.74) is 9.40. The summed E-state index contributed by atoms with van der Waals surface area (Å²) in [5, 5.41) is 3.25. The van der Waals surface area contributed by atoms with Gasteiger partial charge in [-0.2, -0.15) is 0 Å². The first-order valence-electron chi connectivity index (χ1n) is 4.88. The van der Waals surface area contributed by atoms with E-state index in [0.29, 0.717) is 5.69 Å². The number of halogens is 1. The Morgan fingerprint density at radius 1 is 1.12 bits per heavy atom. The minimum Gasteiger partial charge on any atom is -0.397 e. The van der Waals surface area contributed by atoms with Crippen LogP contribution < -0.4 is 11.1 Å². The fourth-order valence-electron chi connectivity index (χ4n) is 1.50. The molecule has 0 radical (unpaired) electrons. The number of hydrogen-bond donors (Lipinski definition) is 2. The molecular formula is C12H12BrN3. The quantitative estimate of drug-likeness (QED) is 0.884. The lowest BCUT2D eigenvalue weighted by Crippen LogP contribution is -1.94. The fraction of sp³-hybridized carbons (Fsp3) is 0.0833. The molecule has 0 spiro atoms. The van der Waals surface area contributed by atoms with Crippen molar-refractivity contribution in [2.75, 3.05) is 11.1 Å². The van der Waals surface area contributed by atoms with E-state index in [1.54, 1.807) is 12.4 Å². The van der Waals surface area contributed by atoms with Crippen LogP contribution in [0.1, 0.15) is 5.56 Å². The van der Waals surface area contributed by atoms with Gasteiger partial charge in [-0.15, -0.1) is 0 Å². The number of aromatic nitrogens is 1. The predicted molar refractivity (Wildman–Crippen MR) is 70.8 cm³/mol. The Balaban J connectivity index is 2.27. The maximum Gasteiger partial charge on any atom is 0.0591 e. The van der Waals surface area contributed by atoms with Crippen LogP contribution in [-0.2, 0) is 0 Å². The molecule has 4 heteroatoms. The molecule has 1 aromatic carbocycles. The highest BCUT2D eigenvalue weighted by molar-refractivity contribution is 9.10. The third-order valence-corrected chi connectivity index (χ3v) is 2.55. The summed E-state index contributed by atoms with van der Waals surface area (Å²) in [4.78, 5) is 4.03. The number of pyridine rings is 1. The summed E-state index contributed by atoms with van der Waals surface area (Å²) >= 11 is 3.46. The Bertz CT molecular complexity index is 491. The van der Waals surface area contributed by atoms with Crippen LogP contribution in [0.25, 0.3) is 0 Å². The minimum atomic E-state index is 0.650. The second kappa shape index (κ2) is 4.53. The van der Waals surface area contributed by atoms with Gasteiger partial charge in [0.15, 0.2) is 0 Å². The molecule has 0 saturated heterocycles. The molecule has 0 fully saturated rings. The highest BCUT2D eigenvalue weighted by atomic mass is 79.9. The first kappa shape index (κ1) is 11.0. The number of nitrogens with zero attached hydrogens (tertiary/aromatic N) is 1. The average molecular weight is 278 g/mol. The Kier molecular flexibility index (Phi) is 3.10. The summed E-state index contributed by atoms with van der Waals surface area (Å²) < 4.78 is 1.05. The van der Waals surface area contributed by atoms with Gasteiger partial charge in [0.1, 0.15) is 0 Å². The number of nitrogen functional groups attached to an aromatic ring is 1. The lowest BCUT2D eigenvalue weighted by Gasteiger charge is -2.08. The van der Waals surface area contributed by atoms with E-state index in [0.717, 1.165) is 15.8 Å². The number of aryl methyl sites for hydroxylation is 1. The van der Waals surface area contributed by atoms with Gasteiger partial charge >= 0.3 is 0 Å². The zero-order chi connectivity index (χ0) is 11.5. The first-order valence-corrected chi connectivity index (χ1v) is 5.67. The molecule has 0 saturated carbocycles. The van der Waals surface area contributed by atoms with Crippen LogP contribution in [0.4, 0.5) is 17.1 Å². The number of hydrogen-bond acceptors (Lipinski definition) is 3. The molecule has 0 bridgehead atoms. The van der Waals surface area contributed by atoms with Crippen LogP contribution >= 0.6 is 15.9 Å². The lowest BCUT2D eigenvalue weighted by atomic mass is 10.2. The van der Waals surface area contributed by atoms with Crippen molar-refractivity contribution in [1.82, 2.24) is 4.98 Å². The highest BCUT2D eigenvalue weighted by Gasteiger charge is 1.98. The van der Waals surface area contributed by atoms with Crippen molar-refractivity contribution in [3.63, 3.8) is 0 Å². The van der Waals surface area contributed by atoms with E-state index >= 15 is 0 Å². The van der Waals surface area contributed by atoms with Crippen LogP contribution in [0.5, 0.6) is 0 Å². The number of benzene rings is 1. The van der Waals surface area contributed by atoms with E-state index in [1.165, 1.54) is 5.56 Å². The fourth-order valence-corrected chi connectivity index (χ4v) is 2.11. The van der Waals surface area contributed by atoms with Crippen LogP contribution in [-0.4, -0.2) is 4.98 Å². The maximum absolute atomic E-state index is 5.66. The molecule has 1 aromatic heterocycles. The van der Waals surface area contributed by atoms with Crippen molar-refractivity contribution in [3.05, 3.63) is 46.7 Å². The second-order valence-corrected chi connectivity index (χ2v) is 4.56. The largest absolute Gasteiger partial charge is 0.397 e. The molecule has 0 aliphatic carbocycles. The van der Waals surface area contributed by atoms with Gasteiger partial charge in [-0.05, 0) is 36.8 Å². The van der Waals surface area contributed by atoms with Gasteiger partial charge < -0.3 is 11.1 Å². The molecule has 0 atom stereocenters.